The largest absolute Gasteiger partial charge is 0.511 e. The van der Waals surface area contributed by atoms with Crippen molar-refractivity contribution in [1.29, 1.82) is 0 Å². The average Bonchev–Trinajstić information content (AvgIpc) is 3.08. The van der Waals surface area contributed by atoms with E-state index in [-0.39, 0.29) is 19.0 Å². The molecule has 1 spiro atoms. The number of ether oxygens (including phenoxy) is 2. The van der Waals surface area contributed by atoms with Gasteiger partial charge in [0.2, 0.25) is 0 Å². The Balaban J connectivity index is 0.000000451. The van der Waals surface area contributed by atoms with Crippen LogP contribution in [0.25, 0.3) is 0 Å². The fourth-order valence-corrected chi connectivity index (χ4v) is 4.37. The zero-order chi connectivity index (χ0) is 24.2. The van der Waals surface area contributed by atoms with Gasteiger partial charge in [0.25, 0.3) is 0 Å². The number of hydrogen-bond donors (Lipinski definition) is 1. The number of carboxylic acid groups (broad SMARTS) is 1. The molecule has 3 rings (SSSR count). The van der Waals surface area contributed by atoms with E-state index in [9.17, 15) is 34.8 Å². The van der Waals surface area contributed by atoms with Crippen molar-refractivity contribution in [2.75, 3.05) is 26.3 Å². The van der Waals surface area contributed by atoms with Crippen molar-refractivity contribution >= 4 is 16.0 Å². The van der Waals surface area contributed by atoms with Gasteiger partial charge in [0.15, 0.2) is 0 Å². The van der Waals surface area contributed by atoms with Gasteiger partial charge in [0.05, 0.1) is 12.2 Å². The Bertz CT molecular complexity index is 872. The van der Waals surface area contributed by atoms with E-state index in [0.29, 0.717) is 37.0 Å². The predicted molar refractivity (Wildman–Crippen MR) is 95.5 cm³/mol. The summed E-state index contributed by atoms with van der Waals surface area (Å²) in [6.45, 7) is 0.796. The molecule has 182 valence electrons. The first kappa shape index (κ1) is 26.3. The zero-order valence-corrected chi connectivity index (χ0v) is 17.2. The van der Waals surface area contributed by atoms with Crippen LogP contribution in [0.15, 0.2) is 24.5 Å². The number of pyridine rings is 1. The zero-order valence-electron chi connectivity index (χ0n) is 16.4. The summed E-state index contributed by atoms with van der Waals surface area (Å²) in [6.07, 6.45) is -0.436. The summed E-state index contributed by atoms with van der Waals surface area (Å²) in [5.41, 5.74) is -5.09. The van der Waals surface area contributed by atoms with Crippen molar-refractivity contribution in [3.63, 3.8) is 0 Å². The maximum Gasteiger partial charge on any atom is 0.511 e. The fourth-order valence-electron chi connectivity index (χ4n) is 3.30. The highest BCUT2D eigenvalue weighted by molar-refractivity contribution is 7.90. The van der Waals surface area contributed by atoms with Crippen molar-refractivity contribution in [2.45, 2.75) is 36.7 Å². The molecule has 2 aliphatic rings. The minimum Gasteiger partial charge on any atom is -0.475 e. The highest BCUT2D eigenvalue weighted by Gasteiger charge is 2.61. The Morgan fingerprint density at radius 2 is 1.78 bits per heavy atom. The quantitative estimate of drug-likeness (QED) is 0.479. The van der Waals surface area contributed by atoms with Gasteiger partial charge in [0.1, 0.15) is 0 Å². The Morgan fingerprint density at radius 3 is 2.28 bits per heavy atom. The number of alkyl halides is 6. The van der Waals surface area contributed by atoms with E-state index in [1.165, 1.54) is 0 Å². The molecule has 0 radical (unpaired) electrons. The summed E-state index contributed by atoms with van der Waals surface area (Å²) in [7, 11) is -5.27. The lowest BCUT2D eigenvalue weighted by atomic mass is 9.80. The summed E-state index contributed by atoms with van der Waals surface area (Å²) in [4.78, 5) is 12.8. The fraction of sp³-hybridized carbons (Fsp3) is 0.647. The van der Waals surface area contributed by atoms with Gasteiger partial charge in [-0.25, -0.2) is 13.2 Å². The average molecular weight is 494 g/mol. The highest BCUT2D eigenvalue weighted by atomic mass is 32.2. The molecule has 1 atom stereocenters. The summed E-state index contributed by atoms with van der Waals surface area (Å²) < 4.78 is 104. The smallest absolute Gasteiger partial charge is 0.475 e. The third-order valence-corrected chi connectivity index (χ3v) is 6.51. The minimum atomic E-state index is -5.27. The Kier molecular flexibility index (Phi) is 8.12. The molecule has 15 heteroatoms. The normalized spacial score (nSPS) is 21.0. The Hall–Kier alpha value is -1.97. The van der Waals surface area contributed by atoms with Gasteiger partial charge in [-0.05, 0) is 36.5 Å². The van der Waals surface area contributed by atoms with Crippen LogP contribution in [-0.2, 0) is 30.9 Å². The van der Waals surface area contributed by atoms with E-state index in [0.717, 1.165) is 5.56 Å². The van der Waals surface area contributed by atoms with Crippen LogP contribution < -0.4 is 0 Å². The van der Waals surface area contributed by atoms with Crippen LogP contribution in [0.5, 0.6) is 0 Å². The topological polar surface area (TPSA) is 106 Å². The second kappa shape index (κ2) is 9.89. The number of rotatable bonds is 6. The van der Waals surface area contributed by atoms with E-state index < -0.39 is 33.3 Å². The Labute approximate surface area is 179 Å². The van der Waals surface area contributed by atoms with Crippen LogP contribution in [0.3, 0.4) is 0 Å². The van der Waals surface area contributed by atoms with E-state index in [2.05, 4.69) is 4.98 Å². The molecule has 3 heterocycles. The molecule has 2 fully saturated rings. The van der Waals surface area contributed by atoms with Crippen molar-refractivity contribution in [2.24, 2.45) is 5.92 Å². The summed E-state index contributed by atoms with van der Waals surface area (Å²) in [5.74, 6) is -2.77. The maximum absolute atomic E-state index is 12.6. The number of halogens is 6. The lowest BCUT2D eigenvalue weighted by Gasteiger charge is -2.49. The van der Waals surface area contributed by atoms with Gasteiger partial charge in [-0.1, -0.05) is 0 Å². The van der Waals surface area contributed by atoms with Gasteiger partial charge in [-0.2, -0.15) is 30.6 Å². The Morgan fingerprint density at radius 1 is 1.22 bits per heavy atom. The molecule has 0 amide bonds. The molecule has 2 saturated heterocycles. The summed E-state index contributed by atoms with van der Waals surface area (Å²) in [6, 6.07) is 3.68. The molecule has 32 heavy (non-hydrogen) atoms. The van der Waals surface area contributed by atoms with Gasteiger partial charge in [-0.3, -0.25) is 4.98 Å². The molecular formula is C17H20F6N2O6S. The van der Waals surface area contributed by atoms with Crippen molar-refractivity contribution in [3.05, 3.63) is 30.1 Å². The van der Waals surface area contributed by atoms with Crippen LogP contribution in [0.1, 0.15) is 18.4 Å². The lowest BCUT2D eigenvalue weighted by molar-refractivity contribution is -0.192. The van der Waals surface area contributed by atoms with E-state index >= 15 is 0 Å². The van der Waals surface area contributed by atoms with Crippen LogP contribution in [0, 0.1) is 5.92 Å². The second-order valence-electron chi connectivity index (χ2n) is 7.12. The third kappa shape index (κ3) is 6.30. The van der Waals surface area contributed by atoms with Crippen molar-refractivity contribution in [3.8, 4) is 0 Å². The number of aliphatic carboxylic acids is 1. The number of carbonyl (C=O) groups is 1. The molecule has 1 aromatic rings. The predicted octanol–water partition coefficient (Wildman–Crippen LogP) is 2.56. The maximum atomic E-state index is 12.6. The highest BCUT2D eigenvalue weighted by Crippen LogP contribution is 2.44. The first-order valence-corrected chi connectivity index (χ1v) is 10.6. The number of hydrogen-bond acceptors (Lipinski definition) is 6. The lowest BCUT2D eigenvalue weighted by Crippen LogP contribution is -2.67. The first-order valence-electron chi connectivity index (χ1n) is 9.16. The number of aromatic nitrogens is 1. The third-order valence-electron chi connectivity index (χ3n) is 4.99. The monoisotopic (exact) mass is 494 g/mol. The molecule has 8 nitrogen and oxygen atoms in total. The van der Waals surface area contributed by atoms with E-state index in [1.54, 1.807) is 12.4 Å². The van der Waals surface area contributed by atoms with Crippen LogP contribution in [-0.4, -0.2) is 72.4 Å². The standard InChI is InChI=1S/C15H19F3N2O4S.C2HF3O2/c16-15(17,18)25(21,22)20-10-14(11-20)13(4-8-24-14)3-7-23-9-12-1-5-19-6-2-12;3-2(4,5)1(6)7/h1-2,5-6,13H,3-4,7-11H2;(H,6,7). The molecular weight excluding hydrogens is 474 g/mol. The van der Waals surface area contributed by atoms with Crippen molar-refractivity contribution < 1.29 is 54.1 Å². The number of sulfonamides is 1. The van der Waals surface area contributed by atoms with Crippen LogP contribution in [0.2, 0.25) is 0 Å². The molecule has 1 aromatic heterocycles. The van der Waals surface area contributed by atoms with Gasteiger partial charge in [-0.15, -0.1) is 0 Å². The molecule has 0 aliphatic carbocycles. The molecule has 1 unspecified atom stereocenters. The number of nitrogens with zero attached hydrogens (tertiary/aromatic N) is 2. The summed E-state index contributed by atoms with van der Waals surface area (Å²) in [5, 5.41) is 7.12. The van der Waals surface area contributed by atoms with E-state index in [1.807, 2.05) is 12.1 Å². The van der Waals surface area contributed by atoms with Crippen LogP contribution >= 0.6 is 0 Å². The second-order valence-corrected chi connectivity index (χ2v) is 9.05. The molecule has 0 aromatic carbocycles. The van der Waals surface area contributed by atoms with Gasteiger partial charge in [0, 0.05) is 38.7 Å². The SMILES string of the molecule is O=C(O)C(F)(F)F.O=S(=O)(N1CC2(C1)OCCC2CCOCc1ccncc1)C(F)(F)F. The molecule has 2 aliphatic heterocycles. The first-order chi connectivity index (χ1) is 14.7. The van der Waals surface area contributed by atoms with Gasteiger partial charge >= 0.3 is 27.7 Å². The van der Waals surface area contributed by atoms with Crippen LogP contribution in [0.4, 0.5) is 26.3 Å². The number of carboxylic acids is 1. The minimum absolute atomic E-state index is 0.00961. The molecule has 0 bridgehead atoms. The van der Waals surface area contributed by atoms with E-state index in [4.69, 9.17) is 19.4 Å². The van der Waals surface area contributed by atoms with Gasteiger partial charge < -0.3 is 14.6 Å². The molecule has 1 N–H and O–H groups in total. The summed E-state index contributed by atoms with van der Waals surface area (Å²) >= 11 is 0. The van der Waals surface area contributed by atoms with Crippen molar-refractivity contribution in [1.82, 2.24) is 9.29 Å². The molecule has 0 saturated carbocycles.